The van der Waals surface area contributed by atoms with Crippen molar-refractivity contribution in [2.75, 3.05) is 31.1 Å². The molecule has 152 valence electrons. The Hall–Kier alpha value is -2.93. The maximum atomic E-state index is 12.2. The first-order valence-corrected chi connectivity index (χ1v) is 10.0. The molecule has 1 aromatic carbocycles. The summed E-state index contributed by atoms with van der Waals surface area (Å²) in [5.41, 5.74) is 3.36. The molecule has 2 fully saturated rings. The van der Waals surface area contributed by atoms with Crippen LogP contribution in [0.4, 0.5) is 10.5 Å². The van der Waals surface area contributed by atoms with Gasteiger partial charge >= 0.3 is 6.09 Å². The van der Waals surface area contributed by atoms with E-state index >= 15 is 0 Å². The van der Waals surface area contributed by atoms with Gasteiger partial charge in [-0.1, -0.05) is 18.2 Å². The molecule has 2 aliphatic rings. The summed E-state index contributed by atoms with van der Waals surface area (Å²) in [6, 6.07) is 12.3. The number of nitrogens with zero attached hydrogens (tertiary/aromatic N) is 3. The summed E-state index contributed by atoms with van der Waals surface area (Å²) in [6.45, 7) is 5.26. The molecule has 0 aliphatic carbocycles. The van der Waals surface area contributed by atoms with Crippen molar-refractivity contribution in [3.63, 3.8) is 0 Å². The van der Waals surface area contributed by atoms with Gasteiger partial charge in [0.05, 0.1) is 13.1 Å². The predicted molar refractivity (Wildman–Crippen MR) is 110 cm³/mol. The molecule has 0 saturated carbocycles. The van der Waals surface area contributed by atoms with Gasteiger partial charge in [0.2, 0.25) is 5.91 Å². The first-order valence-electron chi connectivity index (χ1n) is 10.0. The minimum absolute atomic E-state index is 0.127. The van der Waals surface area contributed by atoms with Crippen LogP contribution in [0, 0.1) is 0 Å². The van der Waals surface area contributed by atoms with Crippen molar-refractivity contribution in [3.05, 3.63) is 59.9 Å². The zero-order chi connectivity index (χ0) is 20.2. The number of cyclic esters (lactones) is 1. The molecular formula is C22H26N4O3. The summed E-state index contributed by atoms with van der Waals surface area (Å²) in [6.07, 6.45) is 4.18. The number of rotatable bonds is 6. The van der Waals surface area contributed by atoms with Crippen LogP contribution in [0.25, 0.3) is 0 Å². The summed E-state index contributed by atoms with van der Waals surface area (Å²) in [5.74, 6) is 0.372. The topological polar surface area (TPSA) is 74.8 Å². The number of benzene rings is 1. The number of ether oxygens (including phenoxy) is 1. The van der Waals surface area contributed by atoms with Gasteiger partial charge in [-0.25, -0.2) is 4.79 Å². The summed E-state index contributed by atoms with van der Waals surface area (Å²) >= 11 is 0. The van der Waals surface area contributed by atoms with Crippen molar-refractivity contribution in [1.29, 1.82) is 0 Å². The van der Waals surface area contributed by atoms with Crippen LogP contribution in [-0.4, -0.2) is 54.2 Å². The second-order valence-electron chi connectivity index (χ2n) is 7.73. The van der Waals surface area contributed by atoms with Crippen molar-refractivity contribution >= 4 is 17.7 Å². The van der Waals surface area contributed by atoms with Crippen LogP contribution in [0.1, 0.15) is 30.4 Å². The third kappa shape index (κ3) is 4.74. The van der Waals surface area contributed by atoms with Crippen LogP contribution in [-0.2, 0) is 16.1 Å². The predicted octanol–water partition coefficient (Wildman–Crippen LogP) is 2.53. The molecule has 2 amide bonds. The average Bonchev–Trinajstić information content (AvgIpc) is 3.34. The first-order chi connectivity index (χ1) is 14.1. The van der Waals surface area contributed by atoms with Gasteiger partial charge in [0.15, 0.2) is 0 Å². The maximum Gasteiger partial charge on any atom is 0.414 e. The normalized spacial score (nSPS) is 22.0. The summed E-state index contributed by atoms with van der Waals surface area (Å²) in [4.78, 5) is 31.5. The summed E-state index contributed by atoms with van der Waals surface area (Å²) in [5, 5.41) is 2.70. The van der Waals surface area contributed by atoms with E-state index in [1.54, 1.807) is 11.1 Å². The Bertz CT molecular complexity index is 856. The zero-order valence-corrected chi connectivity index (χ0v) is 16.6. The lowest BCUT2D eigenvalue weighted by Gasteiger charge is -2.17. The molecule has 2 atom stereocenters. The van der Waals surface area contributed by atoms with Gasteiger partial charge in [-0.3, -0.25) is 19.6 Å². The smallest absolute Gasteiger partial charge is 0.414 e. The van der Waals surface area contributed by atoms with Crippen molar-refractivity contribution in [1.82, 2.24) is 15.2 Å². The van der Waals surface area contributed by atoms with E-state index in [0.29, 0.717) is 19.0 Å². The number of anilines is 1. The molecule has 0 spiro atoms. The first kappa shape index (κ1) is 19.4. The Morgan fingerprint density at radius 2 is 2.07 bits per heavy atom. The molecule has 7 heteroatoms. The monoisotopic (exact) mass is 394 g/mol. The van der Waals surface area contributed by atoms with E-state index < -0.39 is 0 Å². The number of likely N-dealkylation sites (tertiary alicyclic amines) is 1. The number of aromatic nitrogens is 1. The Balaban J connectivity index is 1.34. The highest BCUT2D eigenvalue weighted by molar-refractivity contribution is 5.89. The largest absolute Gasteiger partial charge is 0.442 e. The Morgan fingerprint density at radius 3 is 2.79 bits per heavy atom. The van der Waals surface area contributed by atoms with Gasteiger partial charge in [-0.15, -0.1) is 0 Å². The van der Waals surface area contributed by atoms with Gasteiger partial charge in [0, 0.05) is 38.1 Å². The molecule has 1 aromatic heterocycles. The molecule has 7 nitrogen and oxygen atoms in total. The van der Waals surface area contributed by atoms with Crippen molar-refractivity contribution < 1.29 is 14.3 Å². The zero-order valence-electron chi connectivity index (χ0n) is 16.6. The van der Waals surface area contributed by atoms with Crippen molar-refractivity contribution in [2.45, 2.75) is 31.9 Å². The number of carbonyl (C=O) groups is 2. The van der Waals surface area contributed by atoms with E-state index in [9.17, 15) is 9.59 Å². The SMILES string of the molecule is CC(=O)NC[C@H]1CN(c2ccc(C3CCN(Cc4cccnc4)C3)cc2)C(=O)O1. The third-order valence-electron chi connectivity index (χ3n) is 5.53. The Labute approximate surface area is 170 Å². The van der Waals surface area contributed by atoms with Gasteiger partial charge in [0.25, 0.3) is 0 Å². The number of hydrogen-bond donors (Lipinski definition) is 1. The number of carbonyl (C=O) groups excluding carboxylic acids is 2. The van der Waals surface area contributed by atoms with Gasteiger partial charge in [0.1, 0.15) is 6.10 Å². The molecule has 2 saturated heterocycles. The molecule has 29 heavy (non-hydrogen) atoms. The number of amides is 2. The third-order valence-corrected chi connectivity index (χ3v) is 5.53. The van der Waals surface area contributed by atoms with E-state index in [1.165, 1.54) is 18.1 Å². The fourth-order valence-electron chi connectivity index (χ4n) is 4.02. The van der Waals surface area contributed by atoms with Crippen LogP contribution < -0.4 is 10.2 Å². The Kier molecular flexibility index (Phi) is 5.76. The average molecular weight is 394 g/mol. The second-order valence-corrected chi connectivity index (χ2v) is 7.73. The Morgan fingerprint density at radius 1 is 1.24 bits per heavy atom. The molecular weight excluding hydrogens is 368 g/mol. The molecule has 1 unspecified atom stereocenters. The molecule has 0 radical (unpaired) electrons. The highest BCUT2D eigenvalue weighted by Gasteiger charge is 2.32. The fraction of sp³-hybridized carbons (Fsp3) is 0.409. The van der Waals surface area contributed by atoms with E-state index in [2.05, 4.69) is 33.4 Å². The van der Waals surface area contributed by atoms with Crippen molar-refractivity contribution in [3.8, 4) is 0 Å². The lowest BCUT2D eigenvalue weighted by molar-refractivity contribution is -0.119. The lowest BCUT2D eigenvalue weighted by atomic mass is 9.98. The fourth-order valence-corrected chi connectivity index (χ4v) is 4.02. The van der Waals surface area contributed by atoms with E-state index in [0.717, 1.165) is 31.7 Å². The summed E-state index contributed by atoms with van der Waals surface area (Å²) in [7, 11) is 0. The van der Waals surface area contributed by atoms with E-state index in [4.69, 9.17) is 4.74 Å². The molecule has 3 heterocycles. The standard InChI is InChI=1S/C22H26N4O3/c1-16(27)24-12-21-15-26(22(28)29-21)20-6-4-18(5-7-20)19-8-10-25(14-19)13-17-3-2-9-23-11-17/h2-7,9,11,19,21H,8,10,12-15H2,1H3,(H,24,27)/t19?,21-/m0/s1. The minimum Gasteiger partial charge on any atom is -0.442 e. The highest BCUT2D eigenvalue weighted by Crippen LogP contribution is 2.30. The van der Waals surface area contributed by atoms with Gasteiger partial charge in [-0.2, -0.15) is 0 Å². The van der Waals surface area contributed by atoms with Crippen molar-refractivity contribution in [2.24, 2.45) is 0 Å². The van der Waals surface area contributed by atoms with Crippen LogP contribution in [0.3, 0.4) is 0 Å². The quantitative estimate of drug-likeness (QED) is 0.815. The molecule has 2 aromatic rings. The maximum absolute atomic E-state index is 12.2. The van der Waals surface area contributed by atoms with Crippen LogP contribution in [0.2, 0.25) is 0 Å². The molecule has 0 bridgehead atoms. The van der Waals surface area contributed by atoms with Crippen LogP contribution in [0.5, 0.6) is 0 Å². The second kappa shape index (κ2) is 8.61. The van der Waals surface area contributed by atoms with Gasteiger partial charge < -0.3 is 10.1 Å². The number of pyridine rings is 1. The lowest BCUT2D eigenvalue weighted by Crippen LogP contribution is -2.33. The summed E-state index contributed by atoms with van der Waals surface area (Å²) < 4.78 is 5.34. The highest BCUT2D eigenvalue weighted by atomic mass is 16.6. The molecule has 2 aliphatic heterocycles. The molecule has 1 N–H and O–H groups in total. The number of nitrogens with one attached hydrogen (secondary N) is 1. The molecule has 4 rings (SSSR count). The van der Waals surface area contributed by atoms with Crippen LogP contribution >= 0.6 is 0 Å². The number of hydrogen-bond acceptors (Lipinski definition) is 5. The van der Waals surface area contributed by atoms with Gasteiger partial charge in [-0.05, 0) is 48.2 Å². The minimum atomic E-state index is -0.364. The van der Waals surface area contributed by atoms with E-state index in [1.807, 2.05) is 24.4 Å². The van der Waals surface area contributed by atoms with E-state index in [-0.39, 0.29) is 18.1 Å². The van der Waals surface area contributed by atoms with Crippen LogP contribution in [0.15, 0.2) is 48.8 Å².